The number of fused-ring (bicyclic) bond motifs is 1. The highest BCUT2D eigenvalue weighted by atomic mass is 16.2. The lowest BCUT2D eigenvalue weighted by molar-refractivity contribution is 0.0949. The molecule has 3 aromatic carbocycles. The van der Waals surface area contributed by atoms with Crippen LogP contribution in [0.4, 0.5) is 17.2 Å². The van der Waals surface area contributed by atoms with E-state index in [0.29, 0.717) is 34.7 Å². The highest BCUT2D eigenvalue weighted by molar-refractivity contribution is 6.04. The fourth-order valence-corrected chi connectivity index (χ4v) is 4.34. The molecule has 0 aliphatic rings. The summed E-state index contributed by atoms with van der Waals surface area (Å²) in [6.07, 6.45) is 5.29. The number of aromatic nitrogens is 2. The second kappa shape index (κ2) is 10.9. The molecule has 0 saturated carbocycles. The minimum Gasteiger partial charge on any atom is -0.348 e. The molecule has 0 unspecified atom stereocenters. The van der Waals surface area contributed by atoms with Gasteiger partial charge in [0.15, 0.2) is 5.82 Å². The number of rotatable bonds is 7. The lowest BCUT2D eigenvalue weighted by Gasteiger charge is -2.13. The maximum atomic E-state index is 13.0. The van der Waals surface area contributed by atoms with Gasteiger partial charge in [-0.2, -0.15) is 5.26 Å². The zero-order chi connectivity index (χ0) is 27.4. The zero-order valence-electron chi connectivity index (χ0n) is 21.5. The molecule has 0 bridgehead atoms. The summed E-state index contributed by atoms with van der Waals surface area (Å²) < 4.78 is 1.88. The van der Waals surface area contributed by atoms with Gasteiger partial charge in [-0.25, -0.2) is 4.98 Å². The predicted molar refractivity (Wildman–Crippen MR) is 151 cm³/mol. The molecule has 8 nitrogen and oxygen atoms in total. The Bertz CT molecular complexity index is 1720. The fraction of sp³-hybridized carbons (Fsp3) is 0.0968. The number of anilines is 3. The Morgan fingerprint density at radius 1 is 0.974 bits per heavy atom. The summed E-state index contributed by atoms with van der Waals surface area (Å²) in [5, 5.41) is 18.3. The monoisotopic (exact) mass is 514 g/mol. The van der Waals surface area contributed by atoms with Gasteiger partial charge in [-0.05, 0) is 66.9 Å². The van der Waals surface area contributed by atoms with E-state index in [9.17, 15) is 9.59 Å². The normalized spacial score (nSPS) is 10.6. The smallest absolute Gasteiger partial charge is 0.255 e. The lowest BCUT2D eigenvalue weighted by atomic mass is 10.1. The summed E-state index contributed by atoms with van der Waals surface area (Å²) in [4.78, 5) is 30.3. The summed E-state index contributed by atoms with van der Waals surface area (Å²) in [5.74, 6) is 0.161. The molecule has 0 fully saturated rings. The van der Waals surface area contributed by atoms with Crippen molar-refractivity contribution in [2.24, 2.45) is 0 Å². The van der Waals surface area contributed by atoms with Crippen LogP contribution in [-0.4, -0.2) is 21.2 Å². The molecule has 2 heterocycles. The molecule has 192 valence electrons. The summed E-state index contributed by atoms with van der Waals surface area (Å²) in [6, 6.07) is 23.9. The third kappa shape index (κ3) is 5.48. The van der Waals surface area contributed by atoms with Crippen molar-refractivity contribution in [2.75, 3.05) is 10.6 Å². The van der Waals surface area contributed by atoms with Gasteiger partial charge in [0.05, 0.1) is 22.7 Å². The second-order valence-electron chi connectivity index (χ2n) is 9.17. The molecule has 5 rings (SSSR count). The third-order valence-corrected chi connectivity index (χ3v) is 6.51. The number of aryl methyl sites for hydroxylation is 2. The quantitative estimate of drug-likeness (QED) is 0.256. The number of carbonyl (C=O) groups is 2. The van der Waals surface area contributed by atoms with E-state index in [-0.39, 0.29) is 11.8 Å². The van der Waals surface area contributed by atoms with Crippen LogP contribution in [0.15, 0.2) is 91.4 Å². The van der Waals surface area contributed by atoms with Gasteiger partial charge in [0.25, 0.3) is 11.8 Å². The molecule has 0 spiro atoms. The third-order valence-electron chi connectivity index (χ3n) is 6.51. The predicted octanol–water partition coefficient (Wildman–Crippen LogP) is 5.75. The van der Waals surface area contributed by atoms with Crippen molar-refractivity contribution in [3.63, 3.8) is 0 Å². The summed E-state index contributed by atoms with van der Waals surface area (Å²) in [5.41, 5.74) is 6.47. The van der Waals surface area contributed by atoms with Gasteiger partial charge < -0.3 is 20.4 Å². The van der Waals surface area contributed by atoms with E-state index < -0.39 is 0 Å². The highest BCUT2D eigenvalue weighted by Gasteiger charge is 2.18. The van der Waals surface area contributed by atoms with Crippen LogP contribution in [-0.2, 0) is 6.54 Å². The van der Waals surface area contributed by atoms with Crippen molar-refractivity contribution in [1.29, 1.82) is 5.26 Å². The van der Waals surface area contributed by atoms with Crippen LogP contribution in [0.2, 0.25) is 0 Å². The number of hydrogen-bond donors (Lipinski definition) is 3. The number of hydrogen-bond acceptors (Lipinski definition) is 5. The minimum absolute atomic E-state index is 0.158. The molecular weight excluding hydrogens is 488 g/mol. The van der Waals surface area contributed by atoms with Crippen LogP contribution in [0.3, 0.4) is 0 Å². The van der Waals surface area contributed by atoms with Crippen LogP contribution in [0, 0.1) is 25.2 Å². The van der Waals surface area contributed by atoms with Gasteiger partial charge in [0.2, 0.25) is 0 Å². The molecular formula is C31H26N6O2. The first-order chi connectivity index (χ1) is 18.9. The maximum absolute atomic E-state index is 13.0. The number of nitrogens with one attached hydrogen (secondary N) is 3. The first kappa shape index (κ1) is 25.2. The maximum Gasteiger partial charge on any atom is 0.255 e. The number of nitrogens with zero attached hydrogens (tertiary/aromatic N) is 3. The van der Waals surface area contributed by atoms with Crippen molar-refractivity contribution < 1.29 is 9.59 Å². The van der Waals surface area contributed by atoms with Crippen LogP contribution >= 0.6 is 0 Å². The van der Waals surface area contributed by atoms with E-state index in [2.05, 4.69) is 20.9 Å². The first-order valence-electron chi connectivity index (χ1n) is 12.4. The summed E-state index contributed by atoms with van der Waals surface area (Å²) in [7, 11) is 0. The summed E-state index contributed by atoms with van der Waals surface area (Å²) >= 11 is 0. The van der Waals surface area contributed by atoms with Crippen molar-refractivity contribution in [2.45, 2.75) is 20.4 Å². The molecule has 0 aliphatic heterocycles. The Morgan fingerprint density at radius 2 is 1.74 bits per heavy atom. The average molecular weight is 515 g/mol. The van der Waals surface area contributed by atoms with Gasteiger partial charge in [0, 0.05) is 42.1 Å². The van der Waals surface area contributed by atoms with E-state index in [0.717, 1.165) is 27.9 Å². The summed E-state index contributed by atoms with van der Waals surface area (Å²) in [6.45, 7) is 4.30. The molecule has 0 radical (unpaired) electrons. The van der Waals surface area contributed by atoms with Crippen molar-refractivity contribution in [1.82, 2.24) is 14.7 Å². The van der Waals surface area contributed by atoms with Crippen molar-refractivity contribution in [3.8, 4) is 6.07 Å². The Hall–Kier alpha value is -5.42. The van der Waals surface area contributed by atoms with Crippen LogP contribution < -0.4 is 16.0 Å². The molecule has 0 saturated heterocycles. The topological polar surface area (TPSA) is 111 Å². The van der Waals surface area contributed by atoms with Crippen LogP contribution in [0.25, 0.3) is 5.52 Å². The Balaban J connectivity index is 1.37. The van der Waals surface area contributed by atoms with Gasteiger partial charge in [-0.15, -0.1) is 0 Å². The zero-order valence-corrected chi connectivity index (χ0v) is 21.5. The Morgan fingerprint density at radius 3 is 2.49 bits per heavy atom. The van der Waals surface area contributed by atoms with E-state index in [4.69, 9.17) is 5.26 Å². The molecule has 0 atom stereocenters. The Labute approximate surface area is 225 Å². The number of amides is 2. The molecule has 2 aromatic heterocycles. The highest BCUT2D eigenvalue weighted by Crippen LogP contribution is 2.29. The standard InChI is InChI=1S/C31H26N6O2/c1-20-8-13-25(35-30(38)24-11-9-22(17-32)10-12-24)16-27(20)36-29-28-21(2)26(19-37(28)15-14-33-29)31(39)34-18-23-6-4-3-5-7-23/h3-16,19H,18H2,1-2H3,(H,33,36)(H,34,39)(H,35,38). The van der Waals surface area contributed by atoms with E-state index in [1.807, 2.05) is 79.0 Å². The number of benzene rings is 3. The van der Waals surface area contributed by atoms with Crippen LogP contribution in [0.5, 0.6) is 0 Å². The van der Waals surface area contributed by atoms with E-state index in [1.165, 1.54) is 0 Å². The number of carbonyl (C=O) groups excluding carboxylic acids is 2. The lowest BCUT2D eigenvalue weighted by Crippen LogP contribution is -2.22. The second-order valence-corrected chi connectivity index (χ2v) is 9.17. The first-order valence-corrected chi connectivity index (χ1v) is 12.4. The SMILES string of the molecule is Cc1ccc(NC(=O)c2ccc(C#N)cc2)cc1Nc1nccn2cc(C(=O)NCc3ccccc3)c(C)c12. The van der Waals surface area contributed by atoms with E-state index >= 15 is 0 Å². The number of nitriles is 1. The van der Waals surface area contributed by atoms with Gasteiger partial charge in [0.1, 0.15) is 0 Å². The van der Waals surface area contributed by atoms with Gasteiger partial charge in [-0.3, -0.25) is 9.59 Å². The van der Waals surface area contributed by atoms with Gasteiger partial charge >= 0.3 is 0 Å². The molecule has 39 heavy (non-hydrogen) atoms. The van der Waals surface area contributed by atoms with Gasteiger partial charge in [-0.1, -0.05) is 36.4 Å². The Kier molecular flexibility index (Phi) is 7.06. The molecule has 3 N–H and O–H groups in total. The minimum atomic E-state index is -0.275. The largest absolute Gasteiger partial charge is 0.348 e. The van der Waals surface area contributed by atoms with Crippen LogP contribution in [0.1, 0.15) is 43.0 Å². The molecule has 0 aliphatic carbocycles. The average Bonchev–Trinajstić information content (AvgIpc) is 3.31. The molecule has 5 aromatic rings. The molecule has 8 heteroatoms. The fourth-order valence-electron chi connectivity index (χ4n) is 4.34. The van der Waals surface area contributed by atoms with Crippen molar-refractivity contribution in [3.05, 3.63) is 125 Å². The van der Waals surface area contributed by atoms with E-state index in [1.54, 1.807) is 36.7 Å². The molecule has 2 amide bonds. The van der Waals surface area contributed by atoms with Crippen molar-refractivity contribution >= 4 is 34.5 Å².